The zero-order chi connectivity index (χ0) is 13.7. The fraction of sp³-hybridized carbons (Fsp3) is 0.0714. The molecule has 0 unspecified atom stereocenters. The minimum Gasteiger partial charge on any atom is -0.199 e. The second-order valence-electron chi connectivity index (χ2n) is 3.76. The van der Waals surface area contributed by atoms with Crippen molar-refractivity contribution in [3.05, 3.63) is 60.2 Å². The van der Waals surface area contributed by atoms with Gasteiger partial charge < -0.3 is 0 Å². The van der Waals surface area contributed by atoms with Crippen LogP contribution in [0.3, 0.4) is 0 Å². The molecule has 98 valence electrons. The predicted molar refractivity (Wildman–Crippen MR) is 79.4 cm³/mol. The number of rotatable bonds is 4. The molecule has 0 fully saturated rings. The third-order valence-electron chi connectivity index (χ3n) is 2.51. The fourth-order valence-corrected chi connectivity index (χ4v) is 3.00. The Balaban J connectivity index is 2.33. The van der Waals surface area contributed by atoms with E-state index in [4.69, 9.17) is 0 Å². The van der Waals surface area contributed by atoms with E-state index in [0.29, 0.717) is 0 Å². The summed E-state index contributed by atoms with van der Waals surface area (Å²) in [4.78, 5) is 1.20. The first-order valence-corrected chi connectivity index (χ1v) is 8.28. The van der Waals surface area contributed by atoms with Crippen LogP contribution < -0.4 is 0 Å². The Kier molecular flexibility index (Phi) is 4.39. The number of hydrogen-bond donors (Lipinski definition) is 0. The molecule has 0 aliphatic carbocycles. The summed E-state index contributed by atoms with van der Waals surface area (Å²) in [5.74, 6) is 0. The Hall–Kier alpha value is -1.59. The first kappa shape index (κ1) is 13.8. The van der Waals surface area contributed by atoms with E-state index in [1.54, 1.807) is 30.0 Å². The average Bonchev–Trinajstić information content (AvgIpc) is 2.46. The van der Waals surface area contributed by atoms with Crippen LogP contribution in [-0.4, -0.2) is 20.9 Å². The molecular weight excluding hydrogens is 278 g/mol. The van der Waals surface area contributed by atoms with Crippen molar-refractivity contribution in [1.82, 2.24) is 0 Å². The van der Waals surface area contributed by atoms with E-state index in [-0.39, 0.29) is 4.90 Å². The quantitative estimate of drug-likeness (QED) is 0.642. The van der Waals surface area contributed by atoms with Gasteiger partial charge in [0.2, 0.25) is 0 Å². The van der Waals surface area contributed by atoms with E-state index in [1.807, 2.05) is 30.5 Å². The van der Waals surface area contributed by atoms with Crippen molar-refractivity contribution in [2.45, 2.75) is 9.79 Å². The van der Waals surface area contributed by atoms with Gasteiger partial charge in [0.25, 0.3) is 10.0 Å². The summed E-state index contributed by atoms with van der Waals surface area (Å²) in [7, 11) is -3.62. The summed E-state index contributed by atoms with van der Waals surface area (Å²) in [5.41, 5.74) is 0.800. The second-order valence-corrected chi connectivity index (χ2v) is 6.25. The first-order chi connectivity index (χ1) is 9.13. The van der Waals surface area contributed by atoms with Crippen LogP contribution in [-0.2, 0) is 10.0 Å². The van der Waals surface area contributed by atoms with Crippen molar-refractivity contribution in [1.29, 1.82) is 0 Å². The molecule has 0 amide bonds. The molecule has 0 aromatic heterocycles. The lowest BCUT2D eigenvalue weighted by Gasteiger charge is -2.01. The maximum atomic E-state index is 12.0. The van der Waals surface area contributed by atoms with Gasteiger partial charge >= 0.3 is 0 Å². The molecule has 0 atom stereocenters. The maximum Gasteiger partial charge on any atom is 0.282 e. The van der Waals surface area contributed by atoms with E-state index in [1.165, 1.54) is 18.3 Å². The van der Waals surface area contributed by atoms with E-state index in [0.717, 1.165) is 10.5 Å². The summed E-state index contributed by atoms with van der Waals surface area (Å²) >= 11 is 1.56. The smallest absolute Gasteiger partial charge is 0.199 e. The van der Waals surface area contributed by atoms with Crippen LogP contribution in [0.25, 0.3) is 0 Å². The highest BCUT2D eigenvalue weighted by molar-refractivity contribution is 7.98. The topological polar surface area (TPSA) is 46.5 Å². The number of benzene rings is 2. The van der Waals surface area contributed by atoms with E-state index in [2.05, 4.69) is 4.40 Å². The van der Waals surface area contributed by atoms with Crippen LogP contribution in [0.15, 0.2) is 68.8 Å². The van der Waals surface area contributed by atoms with Crippen LogP contribution in [0.4, 0.5) is 0 Å². The monoisotopic (exact) mass is 291 g/mol. The molecule has 3 nitrogen and oxygen atoms in total. The maximum absolute atomic E-state index is 12.0. The molecule has 0 spiro atoms. The molecule has 0 saturated heterocycles. The Morgan fingerprint density at radius 1 is 1.00 bits per heavy atom. The minimum absolute atomic E-state index is 0.202. The molecule has 19 heavy (non-hydrogen) atoms. The highest BCUT2D eigenvalue weighted by Crippen LogP contribution is 2.19. The van der Waals surface area contributed by atoms with Crippen molar-refractivity contribution in [2.24, 2.45) is 4.40 Å². The molecule has 0 bridgehead atoms. The van der Waals surface area contributed by atoms with Gasteiger partial charge in [0.1, 0.15) is 0 Å². The lowest BCUT2D eigenvalue weighted by Crippen LogP contribution is -1.97. The molecule has 2 aromatic carbocycles. The van der Waals surface area contributed by atoms with Crippen molar-refractivity contribution >= 4 is 28.0 Å². The highest BCUT2D eigenvalue weighted by Gasteiger charge is 2.10. The zero-order valence-electron chi connectivity index (χ0n) is 10.4. The van der Waals surface area contributed by atoms with Gasteiger partial charge in [0.15, 0.2) is 0 Å². The van der Waals surface area contributed by atoms with Gasteiger partial charge in [-0.25, -0.2) is 0 Å². The van der Waals surface area contributed by atoms with Crippen molar-refractivity contribution < 1.29 is 8.42 Å². The lowest BCUT2D eigenvalue weighted by atomic mass is 10.2. The van der Waals surface area contributed by atoms with Crippen LogP contribution in [0.2, 0.25) is 0 Å². The Labute approximate surface area is 117 Å². The second kappa shape index (κ2) is 6.04. The minimum atomic E-state index is -3.62. The molecule has 0 aliphatic rings. The molecule has 0 N–H and O–H groups in total. The molecule has 2 aromatic rings. The van der Waals surface area contributed by atoms with Gasteiger partial charge in [-0.15, -0.1) is 11.8 Å². The van der Waals surface area contributed by atoms with Crippen LogP contribution >= 0.6 is 11.8 Å². The molecule has 0 radical (unpaired) electrons. The Bertz CT molecular complexity index is 680. The number of thioether (sulfide) groups is 1. The third kappa shape index (κ3) is 3.45. The molecular formula is C14H13NO2S2. The van der Waals surface area contributed by atoms with Gasteiger partial charge in [-0.3, -0.25) is 0 Å². The van der Waals surface area contributed by atoms with E-state index < -0.39 is 10.0 Å². The standard InChI is InChI=1S/C14H13NO2S2/c1-18-14-10-6-5-7-12(14)11-15-19(16,17)13-8-3-2-4-9-13/h2-11H,1H3/b15-11+. The molecule has 0 heterocycles. The Morgan fingerprint density at radius 2 is 1.63 bits per heavy atom. The van der Waals surface area contributed by atoms with Gasteiger partial charge in [-0.1, -0.05) is 36.4 Å². The van der Waals surface area contributed by atoms with Crippen LogP contribution in [0, 0.1) is 0 Å². The summed E-state index contributed by atoms with van der Waals surface area (Å²) < 4.78 is 27.7. The van der Waals surface area contributed by atoms with E-state index >= 15 is 0 Å². The van der Waals surface area contributed by atoms with Crippen LogP contribution in [0.1, 0.15) is 5.56 Å². The molecule has 0 saturated carbocycles. The largest absolute Gasteiger partial charge is 0.282 e. The van der Waals surface area contributed by atoms with Crippen molar-refractivity contribution in [2.75, 3.05) is 6.26 Å². The normalized spacial score (nSPS) is 11.8. The highest BCUT2D eigenvalue weighted by atomic mass is 32.2. The van der Waals surface area contributed by atoms with Gasteiger partial charge in [-0.05, 0) is 24.5 Å². The van der Waals surface area contributed by atoms with E-state index in [9.17, 15) is 8.42 Å². The summed E-state index contributed by atoms with van der Waals surface area (Å²) in [6.07, 6.45) is 3.34. The van der Waals surface area contributed by atoms with Crippen molar-refractivity contribution in [3.63, 3.8) is 0 Å². The predicted octanol–water partition coefficient (Wildman–Crippen LogP) is 3.22. The lowest BCUT2D eigenvalue weighted by molar-refractivity contribution is 0.598. The molecule has 0 aliphatic heterocycles. The first-order valence-electron chi connectivity index (χ1n) is 5.62. The summed E-state index contributed by atoms with van der Waals surface area (Å²) in [6.45, 7) is 0. The van der Waals surface area contributed by atoms with Crippen LogP contribution in [0.5, 0.6) is 0 Å². The number of sulfonamides is 1. The molecule has 5 heteroatoms. The van der Waals surface area contributed by atoms with Crippen molar-refractivity contribution in [3.8, 4) is 0 Å². The summed E-state index contributed by atoms with van der Waals surface area (Å²) in [6, 6.07) is 15.7. The number of nitrogens with zero attached hydrogens (tertiary/aromatic N) is 1. The fourth-order valence-electron chi connectivity index (χ4n) is 1.55. The Morgan fingerprint density at radius 3 is 2.32 bits per heavy atom. The zero-order valence-corrected chi connectivity index (χ0v) is 12.0. The third-order valence-corrected chi connectivity index (χ3v) is 4.57. The number of hydrogen-bond acceptors (Lipinski definition) is 3. The van der Waals surface area contributed by atoms with Gasteiger partial charge in [0, 0.05) is 16.7 Å². The SMILES string of the molecule is CSc1ccccc1/C=N/S(=O)(=O)c1ccccc1. The van der Waals surface area contributed by atoms with Gasteiger partial charge in [0.05, 0.1) is 4.90 Å². The summed E-state index contributed by atoms with van der Waals surface area (Å²) in [5, 5.41) is 0. The van der Waals surface area contributed by atoms with Gasteiger partial charge in [-0.2, -0.15) is 12.8 Å². The molecule has 2 rings (SSSR count). The average molecular weight is 291 g/mol.